The van der Waals surface area contributed by atoms with Gasteiger partial charge in [-0.05, 0) is 37.2 Å². The summed E-state index contributed by atoms with van der Waals surface area (Å²) in [6, 6.07) is 8.08. The first-order valence-electron chi connectivity index (χ1n) is 20.3. The Bertz CT molecular complexity index is 1530. The van der Waals surface area contributed by atoms with Crippen LogP contribution in [0.1, 0.15) is 89.4 Å². The van der Waals surface area contributed by atoms with E-state index in [4.69, 9.17) is 10.5 Å². The van der Waals surface area contributed by atoms with Gasteiger partial charge in [-0.1, -0.05) is 76.3 Å². The lowest BCUT2D eigenvalue weighted by Gasteiger charge is -2.34. The van der Waals surface area contributed by atoms with Crippen LogP contribution in [0.4, 0.5) is 9.93 Å². The minimum absolute atomic E-state index is 0.122. The third-order valence-corrected chi connectivity index (χ3v) is 11.9. The molecule has 2 aliphatic rings. The zero-order valence-electron chi connectivity index (χ0n) is 34.0. The number of thiazole rings is 1. The summed E-state index contributed by atoms with van der Waals surface area (Å²) in [5.41, 5.74) is 7.36. The van der Waals surface area contributed by atoms with E-state index in [9.17, 15) is 29.4 Å². The van der Waals surface area contributed by atoms with Gasteiger partial charge in [0.2, 0.25) is 17.7 Å². The fourth-order valence-corrected chi connectivity index (χ4v) is 8.22. The Hall–Kier alpha value is -3.79. The number of likely N-dealkylation sites (N-methyl/N-ethyl adjacent to an activating group) is 2. The van der Waals surface area contributed by atoms with Crippen molar-refractivity contribution in [3.63, 3.8) is 0 Å². The number of morpholine rings is 1. The number of hydrogen-bond donors (Lipinski definition) is 4. The second-order valence-corrected chi connectivity index (χ2v) is 16.9. The minimum Gasteiger partial charge on any atom is -0.390 e. The number of ether oxygens (including phenoxy) is 1. The number of aromatic nitrogens is 1. The average Bonchev–Trinajstić information content (AvgIpc) is 3.61. The molecule has 5 N–H and O–H groups in total. The molecule has 2 heterocycles. The number of anilines is 1. The number of benzene rings is 1. The van der Waals surface area contributed by atoms with Crippen LogP contribution in [0.15, 0.2) is 35.7 Å². The summed E-state index contributed by atoms with van der Waals surface area (Å²) in [6.07, 6.45) is 3.93. The normalized spacial score (nSPS) is 17.8. The van der Waals surface area contributed by atoms with E-state index >= 15 is 0 Å². The smallest absolute Gasteiger partial charge is 0.319 e. The van der Waals surface area contributed by atoms with Gasteiger partial charge < -0.3 is 45.6 Å². The maximum Gasteiger partial charge on any atom is 0.319 e. The van der Waals surface area contributed by atoms with Crippen molar-refractivity contribution >= 4 is 40.2 Å². The topological polar surface area (TPSA) is 182 Å². The molecule has 0 spiro atoms. The average molecular weight is 800 g/mol. The molecule has 1 aromatic carbocycles. The van der Waals surface area contributed by atoms with Gasteiger partial charge in [0.1, 0.15) is 12.6 Å². The molecule has 15 heteroatoms. The Morgan fingerprint density at radius 2 is 1.64 bits per heavy atom. The molecule has 312 valence electrons. The van der Waals surface area contributed by atoms with Gasteiger partial charge in [-0.25, -0.2) is 9.78 Å². The third-order valence-electron chi connectivity index (χ3n) is 11.2. The molecule has 56 heavy (non-hydrogen) atoms. The van der Waals surface area contributed by atoms with E-state index in [2.05, 4.69) is 10.3 Å². The van der Waals surface area contributed by atoms with Crippen LogP contribution < -0.4 is 11.1 Å². The summed E-state index contributed by atoms with van der Waals surface area (Å²) in [6.45, 7) is 8.15. The fourth-order valence-electron chi connectivity index (χ4n) is 7.65. The van der Waals surface area contributed by atoms with Crippen molar-refractivity contribution in [2.75, 3.05) is 65.8 Å². The zero-order valence-corrected chi connectivity index (χ0v) is 34.8. The van der Waals surface area contributed by atoms with Crippen molar-refractivity contribution in [3.8, 4) is 0 Å². The first-order chi connectivity index (χ1) is 26.7. The fraction of sp³-hybridized carbons (Fsp3) is 0.683. The lowest BCUT2D eigenvalue weighted by Crippen LogP contribution is -2.52. The van der Waals surface area contributed by atoms with Gasteiger partial charge >= 0.3 is 6.03 Å². The molecular formula is C41H65N7O7S. The van der Waals surface area contributed by atoms with Crippen molar-refractivity contribution in [1.82, 2.24) is 29.9 Å². The van der Waals surface area contributed by atoms with Crippen molar-refractivity contribution in [2.45, 2.75) is 103 Å². The number of rotatable bonds is 19. The van der Waals surface area contributed by atoms with Crippen molar-refractivity contribution in [3.05, 3.63) is 47.0 Å². The third kappa shape index (κ3) is 13.7. The molecule has 5 atom stereocenters. The van der Waals surface area contributed by atoms with Gasteiger partial charge in [0, 0.05) is 58.5 Å². The number of amides is 5. The lowest BCUT2D eigenvalue weighted by atomic mass is 9.82. The van der Waals surface area contributed by atoms with Crippen LogP contribution in [-0.4, -0.2) is 137 Å². The van der Waals surface area contributed by atoms with E-state index in [-0.39, 0.29) is 43.8 Å². The van der Waals surface area contributed by atoms with E-state index in [0.717, 1.165) is 37.7 Å². The number of hydrogen-bond acceptors (Lipinski definition) is 10. The number of carbonyl (C=O) groups excluding carboxylic acids is 4. The van der Waals surface area contributed by atoms with Crippen molar-refractivity contribution < 1.29 is 34.1 Å². The number of urea groups is 1. The minimum atomic E-state index is -1.18. The monoisotopic (exact) mass is 799 g/mol. The Morgan fingerprint density at radius 1 is 0.982 bits per heavy atom. The second kappa shape index (κ2) is 22.2. The van der Waals surface area contributed by atoms with E-state index in [1.165, 1.54) is 21.1 Å². The highest BCUT2D eigenvalue weighted by Crippen LogP contribution is 2.30. The molecular weight excluding hydrogens is 735 g/mol. The van der Waals surface area contributed by atoms with Crippen LogP contribution in [0.25, 0.3) is 0 Å². The Kier molecular flexibility index (Phi) is 17.8. The standard InChI is InChI=1S/C41H65N7O7S/c1-28(2)22-35(49)38(52)34(23-30-12-8-6-9-13-30)44-39(53)32(24-33-27-56-40(42)43-33)25-36(50)48(29(3)31-14-10-7-11-15-31)26-37(51)45(4)16-17-46(5)41(54)47-18-20-55-21-19-47/h7,10-11,14-15,27-30,32,34-35,38,49,52H,6,8-9,12-13,16-26H2,1-5H3,(H2,42,43)(H,44,53)/t29-,32+,34-,35-,38+/m0/s1. The maximum atomic E-state index is 14.5. The second-order valence-electron chi connectivity index (χ2n) is 16.1. The maximum absolute atomic E-state index is 14.5. The molecule has 0 unspecified atom stereocenters. The number of nitrogens with zero attached hydrogens (tertiary/aromatic N) is 5. The van der Waals surface area contributed by atoms with Gasteiger partial charge in [-0.15, -0.1) is 11.3 Å². The van der Waals surface area contributed by atoms with Crippen LogP contribution in [-0.2, 0) is 25.5 Å². The van der Waals surface area contributed by atoms with E-state index in [1.54, 1.807) is 29.3 Å². The highest BCUT2D eigenvalue weighted by molar-refractivity contribution is 7.13. The highest BCUT2D eigenvalue weighted by Gasteiger charge is 2.35. The van der Waals surface area contributed by atoms with Gasteiger partial charge in [0.05, 0.1) is 43.0 Å². The Labute approximate surface area is 336 Å². The van der Waals surface area contributed by atoms with Crippen LogP contribution in [0, 0.1) is 17.8 Å². The van der Waals surface area contributed by atoms with E-state index < -0.39 is 42.0 Å². The first-order valence-corrected chi connectivity index (χ1v) is 21.1. The number of aliphatic hydroxyl groups excluding tert-OH is 2. The molecule has 4 rings (SSSR count). The van der Waals surface area contributed by atoms with Crippen LogP contribution >= 0.6 is 11.3 Å². The van der Waals surface area contributed by atoms with E-state index in [1.807, 2.05) is 51.1 Å². The van der Waals surface area contributed by atoms with Crippen molar-refractivity contribution in [1.29, 1.82) is 0 Å². The molecule has 1 aliphatic carbocycles. The van der Waals surface area contributed by atoms with Gasteiger partial charge in [0.25, 0.3) is 0 Å². The number of carbonyl (C=O) groups is 4. The number of nitrogens with one attached hydrogen (secondary N) is 1. The van der Waals surface area contributed by atoms with Crippen LogP contribution in [0.2, 0.25) is 0 Å². The number of aliphatic hydroxyl groups is 2. The molecule has 14 nitrogen and oxygen atoms in total. The van der Waals surface area contributed by atoms with Gasteiger partial charge in [0.15, 0.2) is 5.13 Å². The number of nitrogens with two attached hydrogens (primary N) is 1. The van der Waals surface area contributed by atoms with Gasteiger partial charge in [-0.2, -0.15) is 0 Å². The summed E-state index contributed by atoms with van der Waals surface area (Å²) < 4.78 is 5.36. The first kappa shape index (κ1) is 44.9. The quantitative estimate of drug-likeness (QED) is 0.164. The molecule has 1 aliphatic heterocycles. The summed E-state index contributed by atoms with van der Waals surface area (Å²) >= 11 is 1.25. The Morgan fingerprint density at radius 3 is 2.27 bits per heavy atom. The van der Waals surface area contributed by atoms with E-state index in [0.29, 0.717) is 62.4 Å². The van der Waals surface area contributed by atoms with Crippen LogP contribution in [0.5, 0.6) is 0 Å². The summed E-state index contributed by atoms with van der Waals surface area (Å²) in [5, 5.41) is 27.6. The predicted molar refractivity (Wildman–Crippen MR) is 218 cm³/mol. The van der Waals surface area contributed by atoms with Gasteiger partial charge in [-0.3, -0.25) is 14.4 Å². The zero-order chi connectivity index (χ0) is 40.8. The molecule has 2 fully saturated rings. The summed E-state index contributed by atoms with van der Waals surface area (Å²) in [5.74, 6) is -1.58. The number of nitrogen functional groups attached to an aromatic ring is 1. The molecule has 0 bridgehead atoms. The van der Waals surface area contributed by atoms with Crippen molar-refractivity contribution in [2.24, 2.45) is 17.8 Å². The molecule has 5 amide bonds. The SMILES string of the molecule is CC(C)C[C@H](O)[C@H](O)[C@H](CC1CCCCC1)NC(=O)[C@@H](CC(=O)N(CC(=O)N(C)CCN(C)C(=O)N1CCOCC1)[C@@H](C)c1ccccc1)Cc1csc(N)n1. The summed E-state index contributed by atoms with van der Waals surface area (Å²) in [7, 11) is 3.36. The molecule has 1 aromatic heterocycles. The summed E-state index contributed by atoms with van der Waals surface area (Å²) in [4.78, 5) is 66.3. The molecule has 2 aromatic rings. The Balaban J connectivity index is 1.53. The highest BCUT2D eigenvalue weighted by atomic mass is 32.1. The predicted octanol–water partition coefficient (Wildman–Crippen LogP) is 3.93. The molecule has 0 radical (unpaired) electrons. The lowest BCUT2D eigenvalue weighted by molar-refractivity contribution is -0.144. The molecule has 1 saturated heterocycles. The largest absolute Gasteiger partial charge is 0.390 e. The van der Waals surface area contributed by atoms with Crippen LogP contribution in [0.3, 0.4) is 0 Å². The molecule has 1 saturated carbocycles.